The Morgan fingerprint density at radius 3 is 2.69 bits per heavy atom. The number of nitrogens with zero attached hydrogens (tertiary/aromatic N) is 1. The van der Waals surface area contributed by atoms with E-state index in [1.165, 1.54) is 11.3 Å². The van der Waals surface area contributed by atoms with E-state index in [4.69, 9.17) is 4.74 Å². The fourth-order valence-electron chi connectivity index (χ4n) is 3.10. The largest absolute Gasteiger partial charge is 0.379 e. The zero-order valence-corrected chi connectivity index (χ0v) is 16.2. The second-order valence-corrected chi connectivity index (χ2v) is 8.40. The molecule has 2 aromatic heterocycles. The zero-order valence-electron chi connectivity index (χ0n) is 15.4. The molecule has 152 valence electrons. The molecule has 0 bridgehead atoms. The molecule has 0 spiro atoms. The van der Waals surface area contributed by atoms with Crippen LogP contribution in [0, 0.1) is 23.6 Å². The summed E-state index contributed by atoms with van der Waals surface area (Å²) in [5.41, 5.74) is -0.0823. The van der Waals surface area contributed by atoms with Crippen LogP contribution < -0.4 is 5.56 Å². The minimum Gasteiger partial charge on any atom is -0.379 e. The van der Waals surface area contributed by atoms with Crippen molar-refractivity contribution in [2.45, 2.75) is 38.2 Å². The molecule has 0 N–H and O–H groups in total. The van der Waals surface area contributed by atoms with E-state index in [9.17, 15) is 22.8 Å². The predicted molar refractivity (Wildman–Crippen MR) is 102 cm³/mol. The summed E-state index contributed by atoms with van der Waals surface area (Å²) in [6, 6.07) is 2.70. The van der Waals surface area contributed by atoms with Gasteiger partial charge in [0.05, 0.1) is 30.6 Å². The molecule has 0 radical (unpaired) electrons. The van der Waals surface area contributed by atoms with Gasteiger partial charge in [-0.1, -0.05) is 11.8 Å². The van der Waals surface area contributed by atoms with Gasteiger partial charge in [0.1, 0.15) is 0 Å². The first-order valence-electron chi connectivity index (χ1n) is 9.34. The Kier molecular flexibility index (Phi) is 5.61. The molecule has 2 aliphatic rings. The van der Waals surface area contributed by atoms with E-state index >= 15 is 0 Å². The van der Waals surface area contributed by atoms with Crippen LogP contribution in [-0.4, -0.2) is 30.0 Å². The summed E-state index contributed by atoms with van der Waals surface area (Å²) in [5.74, 6) is 5.58. The zero-order chi connectivity index (χ0) is 20.5. The van der Waals surface area contributed by atoms with Crippen LogP contribution in [0.3, 0.4) is 0 Å². The number of halogens is 3. The lowest BCUT2D eigenvalue weighted by Gasteiger charge is -2.19. The van der Waals surface area contributed by atoms with Crippen molar-refractivity contribution in [1.82, 2.24) is 4.57 Å². The Hall–Kier alpha value is -2.37. The van der Waals surface area contributed by atoms with Gasteiger partial charge in [-0.15, -0.1) is 11.3 Å². The highest BCUT2D eigenvalue weighted by Gasteiger charge is 2.29. The molecule has 29 heavy (non-hydrogen) atoms. The SMILES string of the molecule is O=C(Cc1cc(F)c(=O)n(CC(F)F)c1)c1cc(C#CC2COC2)c(C2CC2)s1. The Morgan fingerprint density at radius 2 is 2.07 bits per heavy atom. The van der Waals surface area contributed by atoms with Crippen LogP contribution in [0.1, 0.15) is 44.4 Å². The lowest BCUT2D eigenvalue weighted by atomic mass is 10.1. The van der Waals surface area contributed by atoms with Gasteiger partial charge in [-0.2, -0.15) is 0 Å². The molecule has 0 unspecified atom stereocenters. The van der Waals surface area contributed by atoms with E-state index < -0.39 is 24.3 Å². The highest BCUT2D eigenvalue weighted by atomic mass is 32.1. The quantitative estimate of drug-likeness (QED) is 0.529. The smallest absolute Gasteiger partial charge is 0.286 e. The van der Waals surface area contributed by atoms with Crippen LogP contribution in [0.25, 0.3) is 0 Å². The van der Waals surface area contributed by atoms with Gasteiger partial charge in [-0.05, 0) is 36.5 Å². The number of rotatable bonds is 6. The third-order valence-corrected chi connectivity index (χ3v) is 6.17. The van der Waals surface area contributed by atoms with Crippen LogP contribution in [0.15, 0.2) is 23.1 Å². The molecule has 1 saturated heterocycles. The molecular weight excluding hydrogens is 403 g/mol. The number of pyridine rings is 1. The van der Waals surface area contributed by atoms with Crippen molar-refractivity contribution in [3.8, 4) is 11.8 Å². The van der Waals surface area contributed by atoms with Gasteiger partial charge in [0, 0.05) is 23.1 Å². The number of carbonyl (C=O) groups excluding carboxylic acids is 1. The molecule has 1 saturated carbocycles. The summed E-state index contributed by atoms with van der Waals surface area (Å²) in [6.45, 7) is 0.344. The minimum absolute atomic E-state index is 0.172. The molecule has 4 rings (SSSR count). The summed E-state index contributed by atoms with van der Waals surface area (Å²) in [6.07, 6.45) is 0.299. The second-order valence-electron chi connectivity index (χ2n) is 7.31. The van der Waals surface area contributed by atoms with Crippen molar-refractivity contribution in [2.75, 3.05) is 13.2 Å². The van der Waals surface area contributed by atoms with Crippen molar-refractivity contribution in [2.24, 2.45) is 5.92 Å². The molecule has 2 aromatic rings. The monoisotopic (exact) mass is 421 g/mol. The number of hydrogen-bond donors (Lipinski definition) is 0. The molecule has 0 aromatic carbocycles. The first-order valence-corrected chi connectivity index (χ1v) is 10.2. The van der Waals surface area contributed by atoms with E-state index in [1.807, 2.05) is 0 Å². The molecule has 0 amide bonds. The predicted octanol–water partition coefficient (Wildman–Crippen LogP) is 3.61. The Labute approximate surface area is 169 Å². The van der Waals surface area contributed by atoms with Gasteiger partial charge in [-0.3, -0.25) is 9.59 Å². The van der Waals surface area contributed by atoms with Crippen LogP contribution >= 0.6 is 11.3 Å². The van der Waals surface area contributed by atoms with E-state index in [2.05, 4.69) is 11.8 Å². The van der Waals surface area contributed by atoms with Gasteiger partial charge in [0.25, 0.3) is 12.0 Å². The average Bonchev–Trinajstić information content (AvgIpc) is 3.37. The number of Topliss-reactive ketones (excluding diaryl/α,β-unsaturated/α-hetero) is 1. The maximum atomic E-state index is 13.8. The third-order valence-electron chi connectivity index (χ3n) is 4.83. The lowest BCUT2D eigenvalue weighted by molar-refractivity contribution is -0.00300. The van der Waals surface area contributed by atoms with Gasteiger partial charge in [0.2, 0.25) is 0 Å². The van der Waals surface area contributed by atoms with Crippen LogP contribution in [0.2, 0.25) is 0 Å². The van der Waals surface area contributed by atoms with E-state index in [0.717, 1.165) is 35.5 Å². The van der Waals surface area contributed by atoms with E-state index in [1.54, 1.807) is 6.07 Å². The number of ketones is 1. The summed E-state index contributed by atoms with van der Waals surface area (Å²) >= 11 is 1.39. The molecule has 1 aliphatic heterocycles. The Morgan fingerprint density at radius 1 is 1.31 bits per heavy atom. The molecular formula is C21H18F3NO3S. The molecule has 0 atom stereocenters. The highest BCUT2D eigenvalue weighted by Crippen LogP contribution is 2.45. The standard InChI is InChI=1S/C21H18F3NO3S/c22-16-5-13(8-25(21(16)27)9-19(23)24)6-17(26)18-7-15(2-1-12-10-28-11-12)20(29-18)14-3-4-14/h5,7-8,12,14,19H,3-4,6,9-11H2. The first-order chi connectivity index (χ1) is 13.9. The third kappa shape index (κ3) is 4.62. The normalized spacial score (nSPS) is 16.4. The van der Waals surface area contributed by atoms with Gasteiger partial charge in [0.15, 0.2) is 11.6 Å². The minimum atomic E-state index is -2.79. The molecule has 3 heterocycles. The van der Waals surface area contributed by atoms with Crippen molar-refractivity contribution >= 4 is 17.1 Å². The fourth-order valence-corrected chi connectivity index (χ4v) is 4.32. The van der Waals surface area contributed by atoms with Crippen LogP contribution in [0.4, 0.5) is 13.2 Å². The highest BCUT2D eigenvalue weighted by molar-refractivity contribution is 7.14. The van der Waals surface area contributed by atoms with E-state index in [-0.39, 0.29) is 23.7 Å². The average molecular weight is 421 g/mol. The van der Waals surface area contributed by atoms with Crippen LogP contribution in [0.5, 0.6) is 0 Å². The lowest BCUT2D eigenvalue weighted by Crippen LogP contribution is -2.26. The maximum absolute atomic E-state index is 13.8. The molecule has 4 nitrogen and oxygen atoms in total. The number of alkyl halides is 2. The molecule has 1 aliphatic carbocycles. The Bertz CT molecular complexity index is 1060. The summed E-state index contributed by atoms with van der Waals surface area (Å²) < 4.78 is 44.8. The topological polar surface area (TPSA) is 48.3 Å². The van der Waals surface area contributed by atoms with Crippen molar-refractivity contribution in [1.29, 1.82) is 0 Å². The maximum Gasteiger partial charge on any atom is 0.286 e. The van der Waals surface area contributed by atoms with Crippen molar-refractivity contribution in [3.05, 3.63) is 55.4 Å². The molecule has 8 heteroatoms. The van der Waals surface area contributed by atoms with Crippen molar-refractivity contribution in [3.63, 3.8) is 0 Å². The second kappa shape index (κ2) is 8.17. The number of hydrogen-bond acceptors (Lipinski definition) is 4. The number of aromatic nitrogens is 1. The summed E-state index contributed by atoms with van der Waals surface area (Å²) in [5, 5.41) is 0. The summed E-state index contributed by atoms with van der Waals surface area (Å²) in [7, 11) is 0. The fraction of sp³-hybridized carbons (Fsp3) is 0.429. The Balaban J connectivity index is 1.56. The van der Waals surface area contributed by atoms with Gasteiger partial charge >= 0.3 is 0 Å². The van der Waals surface area contributed by atoms with Gasteiger partial charge in [-0.25, -0.2) is 13.2 Å². The number of thiophene rings is 1. The first kappa shape index (κ1) is 19.9. The van der Waals surface area contributed by atoms with Crippen LogP contribution in [-0.2, 0) is 17.7 Å². The number of carbonyl (C=O) groups is 1. The van der Waals surface area contributed by atoms with Gasteiger partial charge < -0.3 is 9.30 Å². The van der Waals surface area contributed by atoms with E-state index in [0.29, 0.717) is 28.6 Å². The number of ether oxygens (including phenoxy) is 1. The molecule has 2 fully saturated rings. The summed E-state index contributed by atoms with van der Waals surface area (Å²) in [4.78, 5) is 26.0. The van der Waals surface area contributed by atoms with Crippen molar-refractivity contribution < 1.29 is 22.7 Å².